The quantitative estimate of drug-likeness (QED) is 0.857. The molecular weight excluding hydrogens is 234 g/mol. The number of anilines is 1. The molecule has 0 aromatic heterocycles. The van der Waals surface area contributed by atoms with E-state index in [0.29, 0.717) is 30.0 Å². The molecule has 0 bridgehead atoms. The van der Waals surface area contributed by atoms with E-state index in [1.807, 2.05) is 13.8 Å². The summed E-state index contributed by atoms with van der Waals surface area (Å²) in [6.07, 6.45) is 0.764. The number of rotatable bonds is 4. The largest absolute Gasteiger partial charge is 0.449 e. The molecule has 0 aliphatic carbocycles. The molecule has 0 saturated carbocycles. The van der Waals surface area contributed by atoms with Crippen molar-refractivity contribution in [3.63, 3.8) is 0 Å². The Hall–Kier alpha value is -1.75. The van der Waals surface area contributed by atoms with Gasteiger partial charge in [0.15, 0.2) is 11.5 Å². The van der Waals surface area contributed by atoms with Crippen LogP contribution in [0.3, 0.4) is 0 Å². The molecule has 1 heterocycles. The Kier molecular flexibility index (Phi) is 3.43. The Morgan fingerprint density at radius 3 is 2.78 bits per heavy atom. The molecule has 1 amide bonds. The van der Waals surface area contributed by atoms with E-state index in [1.165, 1.54) is 0 Å². The van der Waals surface area contributed by atoms with Crippen LogP contribution in [0.1, 0.15) is 26.7 Å². The van der Waals surface area contributed by atoms with E-state index >= 15 is 0 Å². The number of benzene rings is 1. The minimum absolute atomic E-state index is 0.0166. The van der Waals surface area contributed by atoms with E-state index in [9.17, 15) is 4.79 Å². The summed E-state index contributed by atoms with van der Waals surface area (Å²) in [5, 5.41) is 11.4. The minimum Gasteiger partial charge on any atom is -0.449 e. The van der Waals surface area contributed by atoms with Gasteiger partial charge in [-0.15, -0.1) is 0 Å². The van der Waals surface area contributed by atoms with Crippen LogP contribution >= 0.6 is 0 Å². The molecule has 0 atom stereocenters. The summed E-state index contributed by atoms with van der Waals surface area (Å²) in [4.78, 5) is 11.5. The van der Waals surface area contributed by atoms with Gasteiger partial charge in [0.25, 0.3) is 0 Å². The molecule has 5 heteroatoms. The number of carbonyl (C=O) groups is 1. The second-order valence-corrected chi connectivity index (χ2v) is 4.64. The fourth-order valence-corrected chi connectivity index (χ4v) is 1.76. The first-order valence-corrected chi connectivity index (χ1v) is 5.93. The minimum atomic E-state index is -0.665. The zero-order chi connectivity index (χ0) is 13.2. The number of nitrogens with one attached hydrogen (secondary N) is 1. The average molecular weight is 251 g/mol. The van der Waals surface area contributed by atoms with Crippen molar-refractivity contribution in [1.82, 2.24) is 0 Å². The van der Waals surface area contributed by atoms with Crippen LogP contribution in [-0.4, -0.2) is 23.4 Å². The molecule has 1 aromatic rings. The first kappa shape index (κ1) is 12.7. The molecule has 2 rings (SSSR count). The van der Waals surface area contributed by atoms with Gasteiger partial charge in [0.2, 0.25) is 11.7 Å². The maximum absolute atomic E-state index is 11.5. The number of aliphatic hydroxyl groups is 1. The van der Waals surface area contributed by atoms with Crippen LogP contribution in [-0.2, 0) is 4.79 Å². The molecular formula is C13H17NO4. The summed E-state index contributed by atoms with van der Waals surface area (Å²) in [7, 11) is 0. The third kappa shape index (κ3) is 2.92. The number of carbonyl (C=O) groups excluding carboxylic acids is 1. The number of hydrogen-bond acceptors (Lipinski definition) is 4. The van der Waals surface area contributed by atoms with Gasteiger partial charge in [-0.25, -0.2) is 0 Å². The Balaban J connectivity index is 2.03. The first-order valence-electron chi connectivity index (χ1n) is 5.93. The Bertz CT molecular complexity index is 456. The second-order valence-electron chi connectivity index (χ2n) is 4.64. The molecule has 1 aliphatic heterocycles. The van der Waals surface area contributed by atoms with E-state index in [2.05, 4.69) is 5.32 Å². The first-order chi connectivity index (χ1) is 8.50. The van der Waals surface area contributed by atoms with Crippen molar-refractivity contribution in [2.45, 2.75) is 32.5 Å². The van der Waals surface area contributed by atoms with Crippen molar-refractivity contribution < 1.29 is 19.4 Å². The van der Waals surface area contributed by atoms with Crippen molar-refractivity contribution in [1.29, 1.82) is 0 Å². The van der Waals surface area contributed by atoms with Crippen LogP contribution in [0.5, 0.6) is 11.5 Å². The van der Waals surface area contributed by atoms with Gasteiger partial charge in [0.05, 0.1) is 0 Å². The predicted octanol–water partition coefficient (Wildman–Crippen LogP) is 1.90. The molecule has 1 aliphatic rings. The highest BCUT2D eigenvalue weighted by atomic mass is 16.7. The van der Waals surface area contributed by atoms with E-state index < -0.39 is 5.79 Å². The molecule has 18 heavy (non-hydrogen) atoms. The van der Waals surface area contributed by atoms with Gasteiger partial charge in [0, 0.05) is 38.6 Å². The van der Waals surface area contributed by atoms with E-state index in [1.54, 1.807) is 18.2 Å². The maximum Gasteiger partial charge on any atom is 0.246 e. The number of aliphatic hydroxyl groups excluding tert-OH is 1. The van der Waals surface area contributed by atoms with E-state index in [4.69, 9.17) is 14.6 Å². The van der Waals surface area contributed by atoms with Crippen molar-refractivity contribution in [2.75, 3.05) is 11.9 Å². The summed E-state index contributed by atoms with van der Waals surface area (Å²) in [5.74, 6) is 0.512. The zero-order valence-electron chi connectivity index (χ0n) is 10.5. The summed E-state index contributed by atoms with van der Waals surface area (Å²) in [5.41, 5.74) is 0.665. The maximum atomic E-state index is 11.5. The van der Waals surface area contributed by atoms with Crippen LogP contribution in [0.25, 0.3) is 0 Å². The molecule has 0 fully saturated rings. The van der Waals surface area contributed by atoms with Gasteiger partial charge in [-0.3, -0.25) is 4.79 Å². The summed E-state index contributed by atoms with van der Waals surface area (Å²) < 4.78 is 11.1. The van der Waals surface area contributed by atoms with Crippen molar-refractivity contribution in [3.05, 3.63) is 18.2 Å². The fraction of sp³-hybridized carbons (Fsp3) is 0.462. The average Bonchev–Trinajstić information content (AvgIpc) is 2.59. The smallest absolute Gasteiger partial charge is 0.246 e. The van der Waals surface area contributed by atoms with Gasteiger partial charge >= 0.3 is 0 Å². The number of hydrogen-bond donors (Lipinski definition) is 2. The monoisotopic (exact) mass is 251 g/mol. The lowest BCUT2D eigenvalue weighted by Gasteiger charge is -2.16. The Morgan fingerprint density at radius 2 is 2.06 bits per heavy atom. The summed E-state index contributed by atoms with van der Waals surface area (Å²) >= 11 is 0. The van der Waals surface area contributed by atoms with Crippen LogP contribution in [0.2, 0.25) is 0 Å². The molecule has 0 unspecified atom stereocenters. The molecule has 0 spiro atoms. The molecule has 98 valence electrons. The van der Waals surface area contributed by atoms with E-state index in [-0.39, 0.29) is 12.5 Å². The van der Waals surface area contributed by atoms with Gasteiger partial charge < -0.3 is 19.9 Å². The highest BCUT2D eigenvalue weighted by molar-refractivity contribution is 5.91. The highest BCUT2D eigenvalue weighted by Crippen LogP contribution is 2.40. The highest BCUT2D eigenvalue weighted by Gasteiger charge is 2.31. The Morgan fingerprint density at radius 1 is 1.33 bits per heavy atom. The standard InChI is InChI=1S/C13H17NO4/c1-13(2)17-10-6-5-9(8-11(10)18-13)14-12(16)4-3-7-15/h5-6,8,15H,3-4,7H2,1-2H3,(H,14,16). The summed E-state index contributed by atoms with van der Waals surface area (Å²) in [6, 6.07) is 5.27. The normalized spacial score (nSPS) is 15.5. The lowest BCUT2D eigenvalue weighted by molar-refractivity contribution is -0.116. The van der Waals surface area contributed by atoms with Gasteiger partial charge in [0.1, 0.15) is 0 Å². The molecule has 0 saturated heterocycles. The summed E-state index contributed by atoms with van der Waals surface area (Å²) in [6.45, 7) is 3.67. The van der Waals surface area contributed by atoms with Crippen LogP contribution in [0, 0.1) is 0 Å². The molecule has 1 aromatic carbocycles. The van der Waals surface area contributed by atoms with Crippen molar-refractivity contribution in [3.8, 4) is 11.5 Å². The van der Waals surface area contributed by atoms with Crippen molar-refractivity contribution in [2.24, 2.45) is 0 Å². The van der Waals surface area contributed by atoms with Gasteiger partial charge in [-0.05, 0) is 18.6 Å². The SMILES string of the molecule is CC1(C)Oc2ccc(NC(=O)CCCO)cc2O1. The second kappa shape index (κ2) is 4.86. The number of ether oxygens (including phenoxy) is 2. The van der Waals surface area contributed by atoms with Gasteiger partial charge in [-0.2, -0.15) is 0 Å². The fourth-order valence-electron chi connectivity index (χ4n) is 1.76. The molecule has 0 radical (unpaired) electrons. The van der Waals surface area contributed by atoms with Crippen LogP contribution in [0.4, 0.5) is 5.69 Å². The molecule has 2 N–H and O–H groups in total. The van der Waals surface area contributed by atoms with E-state index in [0.717, 1.165) is 0 Å². The zero-order valence-corrected chi connectivity index (χ0v) is 10.5. The number of fused-ring (bicyclic) bond motifs is 1. The van der Waals surface area contributed by atoms with Gasteiger partial charge in [-0.1, -0.05) is 0 Å². The van der Waals surface area contributed by atoms with Crippen LogP contribution in [0.15, 0.2) is 18.2 Å². The molecule has 5 nitrogen and oxygen atoms in total. The topological polar surface area (TPSA) is 67.8 Å². The number of amides is 1. The van der Waals surface area contributed by atoms with Crippen molar-refractivity contribution >= 4 is 11.6 Å². The third-order valence-electron chi connectivity index (χ3n) is 2.50. The predicted molar refractivity (Wildman–Crippen MR) is 66.7 cm³/mol. The van der Waals surface area contributed by atoms with Crippen LogP contribution < -0.4 is 14.8 Å². The Labute approximate surface area is 106 Å². The lowest BCUT2D eigenvalue weighted by Crippen LogP contribution is -2.29. The lowest BCUT2D eigenvalue weighted by atomic mass is 10.2. The third-order valence-corrected chi connectivity index (χ3v) is 2.50.